The molecule has 1 N–H and O–H groups in total. The van der Waals surface area contributed by atoms with E-state index in [0.29, 0.717) is 5.78 Å². The Morgan fingerprint density at radius 3 is 2.89 bits per heavy atom. The third-order valence-electron chi connectivity index (χ3n) is 2.90. The van der Waals surface area contributed by atoms with Gasteiger partial charge in [0.2, 0.25) is 5.78 Å². The molecule has 0 fully saturated rings. The number of carboxylic acids is 1. The summed E-state index contributed by atoms with van der Waals surface area (Å²) in [7, 11) is 0. The third-order valence-corrected chi connectivity index (χ3v) is 2.90. The lowest BCUT2D eigenvalue weighted by Gasteiger charge is -2.05. The summed E-state index contributed by atoms with van der Waals surface area (Å²) in [6.45, 7) is 2.01. The van der Waals surface area contributed by atoms with Crippen LogP contribution in [0.5, 0.6) is 0 Å². The van der Waals surface area contributed by atoms with Crippen molar-refractivity contribution >= 4 is 11.7 Å². The Bertz CT molecular complexity index is 777. The Morgan fingerprint density at radius 1 is 1.32 bits per heavy atom. The molecule has 0 aliphatic rings. The summed E-state index contributed by atoms with van der Waals surface area (Å²) in [4.78, 5) is 19.0. The molecule has 0 spiro atoms. The Hall–Kier alpha value is -2.69. The molecule has 0 saturated heterocycles. The molecule has 0 aliphatic heterocycles. The molecule has 2 heterocycles. The zero-order valence-electron chi connectivity index (χ0n) is 10.2. The molecule has 1 aromatic carbocycles. The van der Waals surface area contributed by atoms with Crippen molar-refractivity contribution in [1.29, 1.82) is 0 Å². The zero-order valence-corrected chi connectivity index (χ0v) is 10.2. The summed E-state index contributed by atoms with van der Waals surface area (Å²) >= 11 is 0. The number of fused-ring (bicyclic) bond motifs is 1. The first-order chi connectivity index (χ1) is 9.15. The molecule has 3 aromatic rings. The minimum Gasteiger partial charge on any atom is -0.476 e. The van der Waals surface area contributed by atoms with Crippen LogP contribution in [0.25, 0.3) is 17.0 Å². The van der Waals surface area contributed by atoms with Gasteiger partial charge in [0, 0.05) is 12.4 Å². The first-order valence-electron chi connectivity index (χ1n) is 5.79. The van der Waals surface area contributed by atoms with Crippen LogP contribution in [0.1, 0.15) is 16.1 Å². The molecule has 0 bridgehead atoms. The number of carboxylic acid groups (broad SMARTS) is 1. The molecule has 3 rings (SSSR count). The number of benzene rings is 1. The Morgan fingerprint density at radius 2 is 2.16 bits per heavy atom. The topological polar surface area (TPSA) is 67.5 Å². The standard InChI is InChI=1S/C14H11N3O2/c1-9-3-2-4-10(7-9)12-5-6-15-14-16-11(13(18)19)8-17(12)14/h2-8H,1H3,(H,18,19). The molecule has 0 radical (unpaired) electrons. The SMILES string of the molecule is Cc1cccc(-c2ccnc3nc(C(=O)O)cn23)c1. The van der Waals surface area contributed by atoms with E-state index >= 15 is 0 Å². The van der Waals surface area contributed by atoms with Crippen molar-refractivity contribution in [2.24, 2.45) is 0 Å². The number of aryl methyl sites for hydroxylation is 1. The van der Waals surface area contributed by atoms with Gasteiger partial charge in [-0.3, -0.25) is 4.40 Å². The molecule has 0 saturated carbocycles. The maximum Gasteiger partial charge on any atom is 0.356 e. The van der Waals surface area contributed by atoms with Crippen LogP contribution in [0.15, 0.2) is 42.7 Å². The number of hydrogen-bond acceptors (Lipinski definition) is 3. The van der Waals surface area contributed by atoms with Crippen LogP contribution in [0, 0.1) is 6.92 Å². The van der Waals surface area contributed by atoms with E-state index in [9.17, 15) is 4.79 Å². The van der Waals surface area contributed by atoms with Gasteiger partial charge >= 0.3 is 5.97 Å². The van der Waals surface area contributed by atoms with Gasteiger partial charge in [-0.2, -0.15) is 0 Å². The highest BCUT2D eigenvalue weighted by Crippen LogP contribution is 2.21. The van der Waals surface area contributed by atoms with Crippen molar-refractivity contribution in [1.82, 2.24) is 14.4 Å². The van der Waals surface area contributed by atoms with Crippen molar-refractivity contribution in [3.05, 3.63) is 54.0 Å². The highest BCUT2D eigenvalue weighted by Gasteiger charge is 2.12. The van der Waals surface area contributed by atoms with E-state index in [4.69, 9.17) is 5.11 Å². The number of hydrogen-bond donors (Lipinski definition) is 1. The number of imidazole rings is 1. The van der Waals surface area contributed by atoms with Crippen LogP contribution in [-0.4, -0.2) is 25.4 Å². The van der Waals surface area contributed by atoms with E-state index in [1.807, 2.05) is 37.3 Å². The molecular formula is C14H11N3O2. The van der Waals surface area contributed by atoms with Gasteiger partial charge in [-0.15, -0.1) is 0 Å². The monoisotopic (exact) mass is 253 g/mol. The average molecular weight is 253 g/mol. The van der Waals surface area contributed by atoms with E-state index < -0.39 is 5.97 Å². The van der Waals surface area contributed by atoms with E-state index in [-0.39, 0.29) is 5.69 Å². The van der Waals surface area contributed by atoms with Crippen molar-refractivity contribution in [3.63, 3.8) is 0 Å². The normalized spacial score (nSPS) is 10.8. The van der Waals surface area contributed by atoms with Gasteiger partial charge in [0.15, 0.2) is 5.69 Å². The Kier molecular flexibility index (Phi) is 2.52. The third kappa shape index (κ3) is 1.95. The van der Waals surface area contributed by atoms with E-state index in [1.54, 1.807) is 10.6 Å². The first-order valence-corrected chi connectivity index (χ1v) is 5.79. The summed E-state index contributed by atoms with van der Waals surface area (Å²) in [5.74, 6) is -0.669. The molecule has 5 heteroatoms. The fourth-order valence-electron chi connectivity index (χ4n) is 2.04. The molecule has 0 unspecified atom stereocenters. The van der Waals surface area contributed by atoms with E-state index in [1.165, 1.54) is 6.20 Å². The smallest absolute Gasteiger partial charge is 0.356 e. The molecule has 0 amide bonds. The fourth-order valence-corrected chi connectivity index (χ4v) is 2.04. The average Bonchev–Trinajstić information content (AvgIpc) is 2.82. The van der Waals surface area contributed by atoms with E-state index in [2.05, 4.69) is 9.97 Å². The lowest BCUT2D eigenvalue weighted by atomic mass is 10.1. The Balaban J connectivity index is 2.26. The molecule has 5 nitrogen and oxygen atoms in total. The lowest BCUT2D eigenvalue weighted by Crippen LogP contribution is -1.95. The number of nitrogens with zero attached hydrogens (tertiary/aromatic N) is 3. The zero-order chi connectivity index (χ0) is 13.4. The summed E-state index contributed by atoms with van der Waals surface area (Å²) in [6, 6.07) is 9.83. The second-order valence-electron chi connectivity index (χ2n) is 4.30. The predicted molar refractivity (Wildman–Crippen MR) is 70.1 cm³/mol. The minimum atomic E-state index is -1.05. The molecule has 19 heavy (non-hydrogen) atoms. The van der Waals surface area contributed by atoms with Gasteiger partial charge < -0.3 is 5.11 Å². The minimum absolute atomic E-state index is 0.00685. The van der Waals surface area contributed by atoms with Gasteiger partial charge in [0.1, 0.15) is 0 Å². The van der Waals surface area contributed by atoms with E-state index in [0.717, 1.165) is 16.8 Å². The summed E-state index contributed by atoms with van der Waals surface area (Å²) < 4.78 is 1.69. The molecule has 94 valence electrons. The van der Waals surface area contributed by atoms with Gasteiger partial charge in [-0.1, -0.05) is 23.8 Å². The van der Waals surface area contributed by atoms with Gasteiger partial charge in [-0.25, -0.2) is 14.8 Å². The van der Waals surface area contributed by atoms with Crippen molar-refractivity contribution < 1.29 is 9.90 Å². The maximum atomic E-state index is 11.0. The van der Waals surface area contributed by atoms with Crippen molar-refractivity contribution in [3.8, 4) is 11.3 Å². The number of rotatable bonds is 2. The number of aromatic carboxylic acids is 1. The van der Waals surface area contributed by atoms with Gasteiger partial charge in [0.05, 0.1) is 5.69 Å². The molecular weight excluding hydrogens is 242 g/mol. The van der Waals surface area contributed by atoms with Crippen LogP contribution in [0.4, 0.5) is 0 Å². The van der Waals surface area contributed by atoms with Crippen LogP contribution < -0.4 is 0 Å². The van der Waals surface area contributed by atoms with Crippen LogP contribution >= 0.6 is 0 Å². The summed E-state index contributed by atoms with van der Waals surface area (Å²) in [5, 5.41) is 8.99. The highest BCUT2D eigenvalue weighted by atomic mass is 16.4. The van der Waals surface area contributed by atoms with Crippen LogP contribution in [0.3, 0.4) is 0 Å². The van der Waals surface area contributed by atoms with Crippen LogP contribution in [0.2, 0.25) is 0 Å². The molecule has 0 aliphatic carbocycles. The lowest BCUT2D eigenvalue weighted by molar-refractivity contribution is 0.0691. The van der Waals surface area contributed by atoms with Gasteiger partial charge in [-0.05, 0) is 24.6 Å². The number of carbonyl (C=O) groups is 1. The largest absolute Gasteiger partial charge is 0.476 e. The van der Waals surface area contributed by atoms with Crippen molar-refractivity contribution in [2.75, 3.05) is 0 Å². The Labute approximate surface area is 109 Å². The summed E-state index contributed by atoms with van der Waals surface area (Å²) in [6.07, 6.45) is 3.12. The van der Waals surface area contributed by atoms with Gasteiger partial charge in [0.25, 0.3) is 0 Å². The number of aromatic nitrogens is 3. The highest BCUT2D eigenvalue weighted by molar-refractivity contribution is 5.86. The first kappa shape index (κ1) is 11.4. The second-order valence-corrected chi connectivity index (χ2v) is 4.30. The molecule has 2 aromatic heterocycles. The fraction of sp³-hybridized carbons (Fsp3) is 0.0714. The van der Waals surface area contributed by atoms with Crippen LogP contribution in [-0.2, 0) is 0 Å². The quantitative estimate of drug-likeness (QED) is 0.761. The van der Waals surface area contributed by atoms with Crippen molar-refractivity contribution in [2.45, 2.75) is 6.92 Å². The molecule has 0 atom stereocenters. The summed E-state index contributed by atoms with van der Waals surface area (Å²) in [5.41, 5.74) is 3.00. The maximum absolute atomic E-state index is 11.0. The second kappa shape index (κ2) is 4.20. The predicted octanol–water partition coefficient (Wildman–Crippen LogP) is 2.40.